The number of hydrogen-bond donors (Lipinski definition) is 2. The van der Waals surface area contributed by atoms with Crippen LogP contribution in [0.25, 0.3) is 0 Å². The van der Waals surface area contributed by atoms with Crippen LogP contribution in [-0.2, 0) is 0 Å². The molecule has 0 aromatic rings. The Labute approximate surface area is 417 Å². The Hall–Kier alpha value is -0.940. The van der Waals surface area contributed by atoms with Crippen LogP contribution in [0.3, 0.4) is 0 Å². The molecule has 0 radical (unpaired) electrons. The van der Waals surface area contributed by atoms with E-state index in [1.165, 1.54) is 322 Å². The van der Waals surface area contributed by atoms with Gasteiger partial charge in [-0.05, 0) is 109 Å². The molecule has 0 aromatic carbocycles. The summed E-state index contributed by atoms with van der Waals surface area (Å²) < 4.78 is 0. The number of piperazine rings is 1. The third-order valence-corrected chi connectivity index (χ3v) is 14.6. The van der Waals surface area contributed by atoms with Gasteiger partial charge in [0.2, 0.25) is 0 Å². The molecule has 0 aliphatic carbocycles. The molecule has 1 rings (SSSR count). The van der Waals surface area contributed by atoms with Crippen molar-refractivity contribution < 1.29 is 0 Å². The number of allylic oxidation sites excluding steroid dienone is 6. The standard InChI is InChI=1S/C62H122N4/c1-4-7-10-13-16-19-22-25-28-31-34-37-40-43-46-49-52-62(64-53-50-47-44-41-38-35-32-29-26-23-20-17-14-11-8-5-2)61-66(60-59-65-57-54-63-55-58-65)56-51-48-45-42-39-36-33-30-27-24-21-18-15-12-9-6-3/h25-30,62-64H,4-24,31-61H2,1-3H3/b28-25-,29-26-,30-27-. The first-order chi connectivity index (χ1) is 32.8. The van der Waals surface area contributed by atoms with Gasteiger partial charge in [-0.25, -0.2) is 0 Å². The summed E-state index contributed by atoms with van der Waals surface area (Å²) >= 11 is 0. The molecular weight excluding hydrogens is 801 g/mol. The van der Waals surface area contributed by atoms with Crippen molar-refractivity contribution in [3.05, 3.63) is 36.5 Å². The van der Waals surface area contributed by atoms with E-state index in [2.05, 4.69) is 77.7 Å². The largest absolute Gasteiger partial charge is 0.314 e. The lowest BCUT2D eigenvalue weighted by Crippen LogP contribution is -2.48. The van der Waals surface area contributed by atoms with Gasteiger partial charge in [-0.1, -0.05) is 237 Å². The summed E-state index contributed by atoms with van der Waals surface area (Å²) in [5, 5.41) is 7.73. The summed E-state index contributed by atoms with van der Waals surface area (Å²) in [5.41, 5.74) is 0. The van der Waals surface area contributed by atoms with E-state index >= 15 is 0 Å². The smallest absolute Gasteiger partial charge is 0.0195 e. The number of hydrogen-bond acceptors (Lipinski definition) is 4. The fourth-order valence-corrected chi connectivity index (χ4v) is 9.98. The number of nitrogens with one attached hydrogen (secondary N) is 2. The van der Waals surface area contributed by atoms with Crippen LogP contribution in [0.5, 0.6) is 0 Å². The Kier molecular flexibility index (Phi) is 52.6. The normalized spacial score (nSPS) is 14.4. The van der Waals surface area contributed by atoms with E-state index in [0.717, 1.165) is 13.1 Å². The first-order valence-corrected chi connectivity index (χ1v) is 30.6. The summed E-state index contributed by atoms with van der Waals surface area (Å²) in [4.78, 5) is 5.60. The van der Waals surface area contributed by atoms with Crippen LogP contribution in [-0.4, -0.2) is 74.7 Å². The number of rotatable bonds is 54. The average molecular weight is 924 g/mol. The van der Waals surface area contributed by atoms with Crippen molar-refractivity contribution in [1.82, 2.24) is 20.4 Å². The molecule has 4 heteroatoms. The number of unbranched alkanes of at least 4 members (excludes halogenated alkanes) is 36. The highest BCUT2D eigenvalue weighted by Gasteiger charge is 2.16. The molecule has 0 saturated carbocycles. The van der Waals surface area contributed by atoms with Gasteiger partial charge in [-0.3, -0.25) is 4.90 Å². The van der Waals surface area contributed by atoms with Crippen molar-refractivity contribution in [2.24, 2.45) is 0 Å². The highest BCUT2D eigenvalue weighted by molar-refractivity contribution is 4.83. The molecule has 66 heavy (non-hydrogen) atoms. The van der Waals surface area contributed by atoms with E-state index in [1.54, 1.807) is 0 Å². The van der Waals surface area contributed by atoms with Gasteiger partial charge in [-0.15, -0.1) is 0 Å². The highest BCUT2D eigenvalue weighted by Crippen LogP contribution is 2.16. The van der Waals surface area contributed by atoms with Crippen molar-refractivity contribution in [1.29, 1.82) is 0 Å². The fraction of sp³-hybridized carbons (Fsp3) is 0.903. The van der Waals surface area contributed by atoms with Gasteiger partial charge in [0.1, 0.15) is 0 Å². The Bertz CT molecular complexity index is 984. The van der Waals surface area contributed by atoms with E-state index in [9.17, 15) is 0 Å². The molecule has 0 aromatic heterocycles. The van der Waals surface area contributed by atoms with Crippen molar-refractivity contribution in [3.63, 3.8) is 0 Å². The minimum absolute atomic E-state index is 0.641. The molecule has 1 saturated heterocycles. The first-order valence-electron chi connectivity index (χ1n) is 30.6. The highest BCUT2D eigenvalue weighted by atomic mass is 15.2. The van der Waals surface area contributed by atoms with Gasteiger partial charge < -0.3 is 15.5 Å². The minimum atomic E-state index is 0.641. The molecule has 1 unspecified atom stereocenters. The predicted molar refractivity (Wildman–Crippen MR) is 301 cm³/mol. The van der Waals surface area contributed by atoms with E-state index in [-0.39, 0.29) is 0 Å². The van der Waals surface area contributed by atoms with Crippen LogP contribution in [0, 0.1) is 0 Å². The molecule has 2 N–H and O–H groups in total. The van der Waals surface area contributed by atoms with Crippen molar-refractivity contribution in [2.75, 3.05) is 58.9 Å². The zero-order valence-electron chi connectivity index (χ0n) is 45.7. The van der Waals surface area contributed by atoms with Gasteiger partial charge >= 0.3 is 0 Å². The van der Waals surface area contributed by atoms with Crippen LogP contribution >= 0.6 is 0 Å². The third-order valence-electron chi connectivity index (χ3n) is 14.6. The summed E-state index contributed by atoms with van der Waals surface area (Å²) in [6.07, 6.45) is 74.5. The van der Waals surface area contributed by atoms with Gasteiger partial charge in [0, 0.05) is 51.9 Å². The topological polar surface area (TPSA) is 30.5 Å². The van der Waals surface area contributed by atoms with Crippen LogP contribution < -0.4 is 10.6 Å². The molecule has 0 spiro atoms. The zero-order valence-corrected chi connectivity index (χ0v) is 45.7. The summed E-state index contributed by atoms with van der Waals surface area (Å²) in [5.74, 6) is 0. The zero-order chi connectivity index (χ0) is 47.2. The lowest BCUT2D eigenvalue weighted by Gasteiger charge is -2.32. The van der Waals surface area contributed by atoms with Crippen LogP contribution in [0.15, 0.2) is 36.5 Å². The van der Waals surface area contributed by atoms with Crippen molar-refractivity contribution in [2.45, 2.75) is 303 Å². The Morgan fingerprint density at radius 2 is 0.727 bits per heavy atom. The van der Waals surface area contributed by atoms with Crippen molar-refractivity contribution in [3.8, 4) is 0 Å². The molecular formula is C62H122N4. The molecule has 1 atom stereocenters. The minimum Gasteiger partial charge on any atom is -0.314 e. The second-order valence-corrected chi connectivity index (χ2v) is 21.1. The summed E-state index contributed by atoms with van der Waals surface area (Å²) in [6.45, 7) is 17.9. The first kappa shape index (κ1) is 63.1. The van der Waals surface area contributed by atoms with Crippen LogP contribution in [0.1, 0.15) is 297 Å². The quantitative estimate of drug-likeness (QED) is 0.0470. The van der Waals surface area contributed by atoms with Gasteiger partial charge in [0.05, 0.1) is 0 Å². The summed E-state index contributed by atoms with van der Waals surface area (Å²) in [7, 11) is 0. The van der Waals surface area contributed by atoms with Crippen molar-refractivity contribution >= 4 is 0 Å². The Balaban J connectivity index is 2.46. The molecule has 1 fully saturated rings. The maximum absolute atomic E-state index is 4.16. The molecule has 1 aliphatic rings. The SMILES string of the molecule is CCCCCCCC/C=C\CCCCCCCCNC(CCCCCCCC/C=C\CCCCCCCC)CN(CCCCCCCC/C=C\CCCCCCCC)CCN1CCNCC1. The second-order valence-electron chi connectivity index (χ2n) is 21.1. The van der Waals surface area contributed by atoms with Gasteiger partial charge in [-0.2, -0.15) is 0 Å². The maximum Gasteiger partial charge on any atom is 0.0195 e. The predicted octanol–water partition coefficient (Wildman–Crippen LogP) is 18.7. The second kappa shape index (κ2) is 55.0. The van der Waals surface area contributed by atoms with E-state index in [1.807, 2.05) is 0 Å². The third kappa shape index (κ3) is 48.1. The molecule has 0 bridgehead atoms. The maximum atomic E-state index is 4.16. The Morgan fingerprint density at radius 3 is 1.12 bits per heavy atom. The van der Waals surface area contributed by atoms with Crippen LogP contribution in [0.2, 0.25) is 0 Å². The molecule has 1 aliphatic heterocycles. The average Bonchev–Trinajstić information content (AvgIpc) is 3.33. The number of nitrogens with zero attached hydrogens (tertiary/aromatic N) is 2. The van der Waals surface area contributed by atoms with Gasteiger partial charge in [0.25, 0.3) is 0 Å². The monoisotopic (exact) mass is 923 g/mol. The summed E-state index contributed by atoms with van der Waals surface area (Å²) in [6, 6.07) is 0.641. The molecule has 0 amide bonds. The Morgan fingerprint density at radius 1 is 0.394 bits per heavy atom. The molecule has 390 valence electrons. The van der Waals surface area contributed by atoms with E-state index in [0.29, 0.717) is 6.04 Å². The fourth-order valence-electron chi connectivity index (χ4n) is 9.98. The lowest BCUT2D eigenvalue weighted by molar-refractivity contribution is 0.173. The van der Waals surface area contributed by atoms with Gasteiger partial charge in [0.15, 0.2) is 0 Å². The lowest BCUT2D eigenvalue weighted by atomic mass is 10.0. The van der Waals surface area contributed by atoms with Crippen LogP contribution in [0.4, 0.5) is 0 Å². The van der Waals surface area contributed by atoms with E-state index < -0.39 is 0 Å². The van der Waals surface area contributed by atoms with E-state index in [4.69, 9.17) is 0 Å². The molecule has 1 heterocycles. The molecule has 4 nitrogen and oxygen atoms in total.